The van der Waals surface area contributed by atoms with Crippen molar-refractivity contribution in [1.29, 1.82) is 0 Å². The van der Waals surface area contributed by atoms with Crippen LogP contribution in [0.1, 0.15) is 11.1 Å². The Morgan fingerprint density at radius 1 is 1.15 bits per heavy atom. The average molecular weight is 350 g/mol. The number of hydrogen-bond donors (Lipinski definition) is 2. The first kappa shape index (κ1) is 17.5. The molecule has 0 saturated carbocycles. The molecule has 0 aliphatic rings. The van der Waals surface area contributed by atoms with Crippen LogP contribution >= 0.6 is 0 Å². The summed E-state index contributed by atoms with van der Waals surface area (Å²) in [6, 6.07) is 11.9. The minimum Gasteiger partial charge on any atom is -0.497 e. The van der Waals surface area contributed by atoms with Crippen LogP contribution in [0.2, 0.25) is 0 Å². The quantitative estimate of drug-likeness (QED) is 0.526. The molecule has 0 bridgehead atoms. The number of pyridine rings is 1. The fraction of sp³-hybridized carbons (Fsp3) is 0.211. The molecule has 1 aromatic carbocycles. The van der Waals surface area contributed by atoms with Gasteiger partial charge >= 0.3 is 0 Å². The van der Waals surface area contributed by atoms with Gasteiger partial charge in [-0.2, -0.15) is 0 Å². The number of aliphatic imine (C=N–C) groups is 1. The maximum Gasteiger partial charge on any atom is 0.191 e. The van der Waals surface area contributed by atoms with Crippen LogP contribution in [0.5, 0.6) is 5.75 Å². The van der Waals surface area contributed by atoms with Gasteiger partial charge in [-0.25, -0.2) is 9.97 Å². The molecule has 7 nitrogen and oxygen atoms in total. The van der Waals surface area contributed by atoms with Crippen LogP contribution in [0.15, 0.2) is 66.3 Å². The number of imidazole rings is 1. The van der Waals surface area contributed by atoms with Crippen molar-refractivity contribution in [2.24, 2.45) is 4.99 Å². The first-order valence-electron chi connectivity index (χ1n) is 8.29. The van der Waals surface area contributed by atoms with Gasteiger partial charge in [0.05, 0.1) is 7.11 Å². The summed E-state index contributed by atoms with van der Waals surface area (Å²) in [6.07, 6.45) is 7.17. The van der Waals surface area contributed by atoms with Crippen LogP contribution < -0.4 is 15.4 Å². The molecular formula is C19H22N6O. The summed E-state index contributed by atoms with van der Waals surface area (Å²) in [5.41, 5.74) is 2.19. The topological polar surface area (TPSA) is 76.4 Å². The van der Waals surface area contributed by atoms with Crippen molar-refractivity contribution in [2.45, 2.75) is 13.1 Å². The summed E-state index contributed by atoms with van der Waals surface area (Å²) in [7, 11) is 3.42. The van der Waals surface area contributed by atoms with E-state index in [4.69, 9.17) is 4.74 Å². The van der Waals surface area contributed by atoms with Gasteiger partial charge in [0.1, 0.15) is 17.9 Å². The molecule has 3 aromatic rings. The predicted molar refractivity (Wildman–Crippen MR) is 101 cm³/mol. The fourth-order valence-electron chi connectivity index (χ4n) is 2.44. The molecule has 2 N–H and O–H groups in total. The Labute approximate surface area is 152 Å². The van der Waals surface area contributed by atoms with Gasteiger partial charge in [0.25, 0.3) is 0 Å². The molecule has 0 fully saturated rings. The van der Waals surface area contributed by atoms with Crippen molar-refractivity contribution in [1.82, 2.24) is 25.2 Å². The zero-order valence-electron chi connectivity index (χ0n) is 14.9. The van der Waals surface area contributed by atoms with E-state index in [1.54, 1.807) is 26.7 Å². The van der Waals surface area contributed by atoms with Gasteiger partial charge in [0, 0.05) is 38.7 Å². The third-order valence-corrected chi connectivity index (χ3v) is 3.86. The van der Waals surface area contributed by atoms with Crippen LogP contribution in [0.4, 0.5) is 0 Å². The lowest BCUT2D eigenvalue weighted by molar-refractivity contribution is 0.414. The Bertz CT molecular complexity index is 843. The zero-order chi connectivity index (χ0) is 18.2. The average Bonchev–Trinajstić information content (AvgIpc) is 3.23. The number of rotatable bonds is 6. The number of hydrogen-bond acceptors (Lipinski definition) is 4. The molecule has 0 atom stereocenters. The van der Waals surface area contributed by atoms with E-state index in [9.17, 15) is 0 Å². The van der Waals surface area contributed by atoms with E-state index < -0.39 is 0 Å². The van der Waals surface area contributed by atoms with E-state index in [1.807, 2.05) is 53.4 Å². The summed E-state index contributed by atoms with van der Waals surface area (Å²) < 4.78 is 7.11. The standard InChI is InChI=1S/C19H22N6O/c1-20-19(23-11-15-4-3-5-17(10-15)26-2)24-13-16-6-7-18(22-12-16)25-9-8-21-14-25/h3-10,12,14H,11,13H2,1-2H3,(H2,20,23,24). The van der Waals surface area contributed by atoms with Gasteiger partial charge in [0.15, 0.2) is 5.96 Å². The lowest BCUT2D eigenvalue weighted by Gasteiger charge is -2.12. The van der Waals surface area contributed by atoms with Crippen molar-refractivity contribution < 1.29 is 4.74 Å². The number of nitrogens with one attached hydrogen (secondary N) is 2. The van der Waals surface area contributed by atoms with E-state index in [-0.39, 0.29) is 0 Å². The molecule has 0 radical (unpaired) electrons. The number of nitrogens with zero attached hydrogens (tertiary/aromatic N) is 4. The van der Waals surface area contributed by atoms with Gasteiger partial charge < -0.3 is 15.4 Å². The lowest BCUT2D eigenvalue weighted by Crippen LogP contribution is -2.36. The van der Waals surface area contributed by atoms with Crippen molar-refractivity contribution in [3.8, 4) is 11.6 Å². The van der Waals surface area contributed by atoms with Gasteiger partial charge in [-0.3, -0.25) is 9.56 Å². The maximum absolute atomic E-state index is 5.24. The van der Waals surface area contributed by atoms with E-state index >= 15 is 0 Å². The van der Waals surface area contributed by atoms with Gasteiger partial charge in [-0.15, -0.1) is 0 Å². The Balaban J connectivity index is 1.52. The molecule has 0 aliphatic heterocycles. The van der Waals surface area contributed by atoms with Crippen molar-refractivity contribution in [2.75, 3.05) is 14.2 Å². The summed E-state index contributed by atoms with van der Waals surface area (Å²) in [6.45, 7) is 1.30. The summed E-state index contributed by atoms with van der Waals surface area (Å²) in [4.78, 5) is 12.7. The summed E-state index contributed by atoms with van der Waals surface area (Å²) in [5, 5.41) is 6.58. The molecule has 0 saturated heterocycles. The van der Waals surface area contributed by atoms with Gasteiger partial charge in [-0.05, 0) is 29.3 Å². The molecule has 2 aromatic heterocycles. The zero-order valence-corrected chi connectivity index (χ0v) is 14.9. The lowest BCUT2D eigenvalue weighted by atomic mass is 10.2. The number of benzene rings is 1. The molecule has 0 amide bonds. The highest BCUT2D eigenvalue weighted by Gasteiger charge is 2.02. The van der Waals surface area contributed by atoms with E-state index in [2.05, 4.69) is 25.6 Å². The van der Waals surface area contributed by atoms with E-state index in [0.717, 1.165) is 28.7 Å². The molecule has 3 rings (SSSR count). The number of aromatic nitrogens is 3. The maximum atomic E-state index is 5.24. The second kappa shape index (κ2) is 8.66. The fourth-order valence-corrected chi connectivity index (χ4v) is 2.44. The molecular weight excluding hydrogens is 328 g/mol. The van der Waals surface area contributed by atoms with Crippen molar-refractivity contribution in [3.63, 3.8) is 0 Å². The molecule has 0 spiro atoms. The van der Waals surface area contributed by atoms with Crippen molar-refractivity contribution >= 4 is 5.96 Å². The summed E-state index contributed by atoms with van der Waals surface area (Å²) in [5.74, 6) is 2.41. The molecule has 134 valence electrons. The second-order valence-electron chi connectivity index (χ2n) is 5.63. The molecule has 2 heterocycles. The first-order chi connectivity index (χ1) is 12.8. The monoisotopic (exact) mass is 350 g/mol. The highest BCUT2D eigenvalue weighted by atomic mass is 16.5. The Morgan fingerprint density at radius 3 is 2.65 bits per heavy atom. The number of methoxy groups -OCH3 is 1. The Hall–Kier alpha value is -3.35. The number of ether oxygens (including phenoxy) is 1. The third-order valence-electron chi connectivity index (χ3n) is 3.86. The molecule has 0 unspecified atom stereocenters. The van der Waals surface area contributed by atoms with Crippen LogP contribution in [0.25, 0.3) is 5.82 Å². The van der Waals surface area contributed by atoms with Crippen LogP contribution in [-0.4, -0.2) is 34.7 Å². The first-order valence-corrected chi connectivity index (χ1v) is 8.29. The van der Waals surface area contributed by atoms with Crippen LogP contribution in [0.3, 0.4) is 0 Å². The molecule has 7 heteroatoms. The Morgan fingerprint density at radius 2 is 2.00 bits per heavy atom. The number of guanidine groups is 1. The highest BCUT2D eigenvalue weighted by Crippen LogP contribution is 2.12. The van der Waals surface area contributed by atoms with E-state index in [1.165, 1.54) is 0 Å². The predicted octanol–water partition coefficient (Wildman–Crippen LogP) is 2.14. The van der Waals surface area contributed by atoms with Gasteiger partial charge in [0.2, 0.25) is 0 Å². The van der Waals surface area contributed by atoms with E-state index in [0.29, 0.717) is 13.1 Å². The minimum absolute atomic E-state index is 0.634. The SMILES string of the molecule is CN=C(NCc1ccc(-n2ccnc2)nc1)NCc1cccc(OC)c1. The smallest absolute Gasteiger partial charge is 0.191 e. The molecule has 0 aliphatic carbocycles. The van der Waals surface area contributed by atoms with Crippen LogP contribution in [-0.2, 0) is 13.1 Å². The summed E-state index contributed by atoms with van der Waals surface area (Å²) >= 11 is 0. The van der Waals surface area contributed by atoms with Crippen LogP contribution in [0, 0.1) is 0 Å². The Kier molecular flexibility index (Phi) is 5.82. The molecule has 26 heavy (non-hydrogen) atoms. The largest absolute Gasteiger partial charge is 0.497 e. The second-order valence-corrected chi connectivity index (χ2v) is 5.63. The third kappa shape index (κ3) is 4.60. The van der Waals surface area contributed by atoms with Crippen molar-refractivity contribution in [3.05, 3.63) is 72.4 Å². The highest BCUT2D eigenvalue weighted by molar-refractivity contribution is 5.79. The minimum atomic E-state index is 0.634. The normalized spacial score (nSPS) is 11.2. The van der Waals surface area contributed by atoms with Gasteiger partial charge in [-0.1, -0.05) is 18.2 Å².